The number of aliphatic hydroxyl groups is 2. The topological polar surface area (TPSA) is 52.5 Å². The normalized spacial score (nSPS) is 39.7. The Labute approximate surface area is 79.2 Å². The summed E-state index contributed by atoms with van der Waals surface area (Å²) in [5, 5.41) is 21.2. The molecular formula is C10H19NO2. The molecule has 0 aromatic heterocycles. The van der Waals surface area contributed by atoms with Crippen molar-refractivity contribution in [3.05, 3.63) is 0 Å². The molecule has 2 fully saturated rings. The van der Waals surface area contributed by atoms with E-state index in [-0.39, 0.29) is 6.61 Å². The minimum absolute atomic E-state index is 0.131. The van der Waals surface area contributed by atoms with Crippen molar-refractivity contribution in [2.75, 3.05) is 13.2 Å². The van der Waals surface area contributed by atoms with Crippen LogP contribution in [0.1, 0.15) is 25.7 Å². The first-order valence-electron chi connectivity index (χ1n) is 5.32. The van der Waals surface area contributed by atoms with Crippen molar-refractivity contribution < 1.29 is 10.2 Å². The van der Waals surface area contributed by atoms with E-state index in [0.29, 0.717) is 12.6 Å². The molecule has 3 nitrogen and oxygen atoms in total. The van der Waals surface area contributed by atoms with Crippen molar-refractivity contribution in [3.8, 4) is 0 Å². The van der Waals surface area contributed by atoms with Crippen molar-refractivity contribution >= 4 is 0 Å². The predicted molar refractivity (Wildman–Crippen MR) is 50.3 cm³/mol. The van der Waals surface area contributed by atoms with Crippen molar-refractivity contribution in [2.45, 2.75) is 37.8 Å². The number of nitrogens with one attached hydrogen (secondary N) is 1. The zero-order valence-electron chi connectivity index (χ0n) is 7.95. The first kappa shape index (κ1) is 9.44. The molecule has 0 aromatic rings. The van der Waals surface area contributed by atoms with Crippen LogP contribution in [0.3, 0.4) is 0 Å². The number of hydrogen-bond donors (Lipinski definition) is 3. The van der Waals surface area contributed by atoms with Crippen LogP contribution >= 0.6 is 0 Å². The number of fused-ring (bicyclic) bond motifs is 2. The molecule has 13 heavy (non-hydrogen) atoms. The Balaban J connectivity index is 1.71. The van der Waals surface area contributed by atoms with Gasteiger partial charge in [-0.3, -0.25) is 0 Å². The first-order chi connectivity index (χ1) is 6.29. The second kappa shape index (κ2) is 3.95. The molecular weight excluding hydrogens is 166 g/mol. The summed E-state index contributed by atoms with van der Waals surface area (Å²) in [7, 11) is 0. The van der Waals surface area contributed by atoms with Crippen molar-refractivity contribution in [2.24, 2.45) is 11.8 Å². The maximum absolute atomic E-state index is 9.18. The highest BCUT2D eigenvalue weighted by Crippen LogP contribution is 2.44. The van der Waals surface area contributed by atoms with Gasteiger partial charge in [-0.05, 0) is 31.1 Å². The Morgan fingerprint density at radius 3 is 2.69 bits per heavy atom. The molecule has 2 bridgehead atoms. The number of aliphatic hydroxyl groups excluding tert-OH is 2. The first-order valence-corrected chi connectivity index (χ1v) is 5.32. The average Bonchev–Trinajstić information content (AvgIpc) is 2.74. The lowest BCUT2D eigenvalue weighted by Crippen LogP contribution is -2.39. The molecule has 0 radical (unpaired) electrons. The summed E-state index contributed by atoms with van der Waals surface area (Å²) in [5.41, 5.74) is 0. The molecule has 4 unspecified atom stereocenters. The summed E-state index contributed by atoms with van der Waals surface area (Å²) < 4.78 is 0. The lowest BCUT2D eigenvalue weighted by Gasteiger charge is -2.23. The summed E-state index contributed by atoms with van der Waals surface area (Å²) in [6.07, 6.45) is 4.85. The molecule has 2 saturated carbocycles. The summed E-state index contributed by atoms with van der Waals surface area (Å²) in [6, 6.07) is 0.611. The lowest BCUT2D eigenvalue weighted by molar-refractivity contribution is 0.0896. The van der Waals surface area contributed by atoms with Gasteiger partial charge in [-0.15, -0.1) is 0 Å². The van der Waals surface area contributed by atoms with Gasteiger partial charge in [0.05, 0.1) is 12.7 Å². The molecule has 0 spiro atoms. The van der Waals surface area contributed by atoms with Crippen LogP contribution in [0.15, 0.2) is 0 Å². The largest absolute Gasteiger partial charge is 0.394 e. The highest BCUT2D eigenvalue weighted by Gasteiger charge is 2.39. The van der Waals surface area contributed by atoms with Crippen LogP contribution in [0.5, 0.6) is 0 Å². The van der Waals surface area contributed by atoms with Gasteiger partial charge in [-0.1, -0.05) is 6.42 Å². The zero-order chi connectivity index (χ0) is 9.26. The molecule has 0 aromatic carbocycles. The van der Waals surface area contributed by atoms with Gasteiger partial charge in [0, 0.05) is 12.6 Å². The number of hydrogen-bond acceptors (Lipinski definition) is 3. The van der Waals surface area contributed by atoms with Crippen LogP contribution in [0, 0.1) is 11.8 Å². The van der Waals surface area contributed by atoms with Gasteiger partial charge in [0.1, 0.15) is 0 Å². The van der Waals surface area contributed by atoms with E-state index in [9.17, 15) is 5.11 Å². The van der Waals surface area contributed by atoms with E-state index in [2.05, 4.69) is 5.32 Å². The molecule has 0 heterocycles. The minimum Gasteiger partial charge on any atom is -0.394 e. The Hall–Kier alpha value is -0.120. The van der Waals surface area contributed by atoms with Crippen LogP contribution in [0.25, 0.3) is 0 Å². The fraction of sp³-hybridized carbons (Fsp3) is 1.00. The van der Waals surface area contributed by atoms with Crippen molar-refractivity contribution in [3.63, 3.8) is 0 Å². The van der Waals surface area contributed by atoms with Gasteiger partial charge in [0.15, 0.2) is 0 Å². The second-order valence-electron chi connectivity index (χ2n) is 4.53. The highest BCUT2D eigenvalue weighted by molar-refractivity contribution is 4.94. The second-order valence-corrected chi connectivity index (χ2v) is 4.53. The Morgan fingerprint density at radius 2 is 2.15 bits per heavy atom. The highest BCUT2D eigenvalue weighted by atomic mass is 16.3. The predicted octanol–water partition coefficient (Wildman–Crippen LogP) is 0.118. The third-order valence-electron chi connectivity index (χ3n) is 3.56. The van der Waals surface area contributed by atoms with E-state index < -0.39 is 6.10 Å². The van der Waals surface area contributed by atoms with Gasteiger partial charge in [0.25, 0.3) is 0 Å². The molecule has 3 N–H and O–H groups in total. The smallest absolute Gasteiger partial charge is 0.0895 e. The monoisotopic (exact) mass is 185 g/mol. The maximum Gasteiger partial charge on any atom is 0.0895 e. The average molecular weight is 185 g/mol. The summed E-state index contributed by atoms with van der Waals surface area (Å²) in [6.45, 7) is 0.415. The molecule has 4 atom stereocenters. The molecule has 76 valence electrons. The SMILES string of the molecule is OCC(O)CNC1CC2CCC1C2. The Morgan fingerprint density at radius 1 is 1.31 bits per heavy atom. The number of rotatable bonds is 4. The molecule has 3 heteroatoms. The van der Waals surface area contributed by atoms with Gasteiger partial charge in [-0.25, -0.2) is 0 Å². The van der Waals surface area contributed by atoms with E-state index in [1.165, 1.54) is 25.7 Å². The molecule has 0 amide bonds. The Bertz CT molecular complexity index is 174. The van der Waals surface area contributed by atoms with Crippen LogP contribution in [0.4, 0.5) is 0 Å². The van der Waals surface area contributed by atoms with Crippen molar-refractivity contribution in [1.82, 2.24) is 5.32 Å². The van der Waals surface area contributed by atoms with Crippen LogP contribution in [-0.4, -0.2) is 35.5 Å². The molecule has 2 rings (SSSR count). The van der Waals surface area contributed by atoms with E-state index in [1.807, 2.05) is 0 Å². The zero-order valence-corrected chi connectivity index (χ0v) is 7.95. The summed E-state index contributed by atoms with van der Waals surface area (Å²) in [4.78, 5) is 0. The fourth-order valence-electron chi connectivity index (χ4n) is 2.85. The maximum atomic E-state index is 9.18. The van der Waals surface area contributed by atoms with Gasteiger partial charge >= 0.3 is 0 Å². The van der Waals surface area contributed by atoms with E-state index in [0.717, 1.165) is 11.8 Å². The summed E-state index contributed by atoms with van der Waals surface area (Å²) >= 11 is 0. The van der Waals surface area contributed by atoms with E-state index in [1.54, 1.807) is 0 Å². The van der Waals surface area contributed by atoms with Crippen LogP contribution < -0.4 is 5.32 Å². The fourth-order valence-corrected chi connectivity index (χ4v) is 2.85. The molecule has 0 saturated heterocycles. The Kier molecular flexibility index (Phi) is 2.86. The third-order valence-corrected chi connectivity index (χ3v) is 3.56. The molecule has 0 aliphatic heterocycles. The lowest BCUT2D eigenvalue weighted by atomic mass is 9.95. The third kappa shape index (κ3) is 2.03. The van der Waals surface area contributed by atoms with Crippen LogP contribution in [0.2, 0.25) is 0 Å². The molecule has 2 aliphatic carbocycles. The van der Waals surface area contributed by atoms with Gasteiger partial charge in [0.2, 0.25) is 0 Å². The molecule has 2 aliphatic rings. The standard InChI is InChI=1S/C10H19NO2/c12-6-9(13)5-11-10-4-7-1-2-8(10)3-7/h7-13H,1-6H2. The summed E-state index contributed by atoms with van der Waals surface area (Å²) in [5.74, 6) is 1.78. The minimum atomic E-state index is -0.584. The van der Waals surface area contributed by atoms with Gasteiger partial charge in [-0.2, -0.15) is 0 Å². The van der Waals surface area contributed by atoms with E-state index >= 15 is 0 Å². The van der Waals surface area contributed by atoms with E-state index in [4.69, 9.17) is 5.11 Å². The quantitative estimate of drug-likeness (QED) is 0.583. The van der Waals surface area contributed by atoms with Gasteiger partial charge < -0.3 is 15.5 Å². The van der Waals surface area contributed by atoms with Crippen LogP contribution in [-0.2, 0) is 0 Å². The van der Waals surface area contributed by atoms with Crippen molar-refractivity contribution in [1.29, 1.82) is 0 Å².